The number of hydrogen-bond acceptors (Lipinski definition) is 3. The van der Waals surface area contributed by atoms with Crippen LogP contribution in [0, 0.1) is 13.8 Å². The lowest BCUT2D eigenvalue weighted by Gasteiger charge is -2.19. The Labute approximate surface area is 168 Å². The van der Waals surface area contributed by atoms with Gasteiger partial charge in [0.2, 0.25) is 11.8 Å². The fourth-order valence-corrected chi connectivity index (χ4v) is 3.19. The summed E-state index contributed by atoms with van der Waals surface area (Å²) < 4.78 is 0. The number of amides is 2. The van der Waals surface area contributed by atoms with Gasteiger partial charge in [-0.2, -0.15) is 0 Å². The van der Waals surface area contributed by atoms with Crippen molar-refractivity contribution in [2.24, 2.45) is 0 Å². The van der Waals surface area contributed by atoms with Crippen LogP contribution in [0.25, 0.3) is 0 Å². The molecule has 0 radical (unpaired) electrons. The van der Waals surface area contributed by atoms with Crippen LogP contribution in [0.5, 0.6) is 0 Å². The second kappa shape index (κ2) is 10.0. The van der Waals surface area contributed by atoms with Gasteiger partial charge in [-0.25, -0.2) is 0 Å². The molecule has 0 heterocycles. The number of nitrogens with zero attached hydrogens (tertiary/aromatic N) is 1. The Bertz CT molecular complexity index is 812. The first-order chi connectivity index (χ1) is 13.3. The Morgan fingerprint density at radius 3 is 2.11 bits per heavy atom. The highest BCUT2D eigenvalue weighted by atomic mass is 16.2. The van der Waals surface area contributed by atoms with E-state index in [0.717, 1.165) is 34.5 Å². The first-order valence-corrected chi connectivity index (χ1v) is 9.75. The van der Waals surface area contributed by atoms with E-state index in [9.17, 15) is 9.59 Å². The largest absolute Gasteiger partial charge is 0.325 e. The molecule has 0 unspecified atom stereocenters. The molecule has 0 saturated carbocycles. The van der Waals surface area contributed by atoms with Gasteiger partial charge in [0.15, 0.2) is 0 Å². The molecule has 0 bridgehead atoms. The van der Waals surface area contributed by atoms with Gasteiger partial charge < -0.3 is 10.6 Å². The summed E-state index contributed by atoms with van der Waals surface area (Å²) in [5.74, 6) is 0.114. The minimum absolute atomic E-state index is 0.127. The van der Waals surface area contributed by atoms with Crippen LogP contribution >= 0.6 is 0 Å². The Morgan fingerprint density at radius 1 is 0.929 bits per heavy atom. The van der Waals surface area contributed by atoms with Crippen molar-refractivity contribution >= 4 is 23.2 Å². The molecule has 5 heteroatoms. The van der Waals surface area contributed by atoms with Gasteiger partial charge in [-0.1, -0.05) is 50.2 Å². The third kappa shape index (κ3) is 5.92. The summed E-state index contributed by atoms with van der Waals surface area (Å²) in [4.78, 5) is 26.5. The molecule has 150 valence electrons. The van der Waals surface area contributed by atoms with Gasteiger partial charge in [0.05, 0.1) is 13.1 Å². The van der Waals surface area contributed by atoms with Crippen LogP contribution in [0.3, 0.4) is 0 Å². The monoisotopic (exact) mass is 381 g/mol. The number of carbonyl (C=O) groups is 2. The third-order valence-corrected chi connectivity index (χ3v) is 4.95. The third-order valence-electron chi connectivity index (χ3n) is 4.95. The maximum atomic E-state index is 12.4. The second-order valence-electron chi connectivity index (χ2n) is 7.43. The first-order valence-electron chi connectivity index (χ1n) is 9.75. The maximum absolute atomic E-state index is 12.4. The molecular formula is C23H31N3O2. The van der Waals surface area contributed by atoms with E-state index in [0.29, 0.717) is 5.92 Å². The number of para-hydroxylation sites is 2. The Kier molecular flexibility index (Phi) is 7.76. The van der Waals surface area contributed by atoms with Crippen LogP contribution in [0.4, 0.5) is 11.4 Å². The highest BCUT2D eigenvalue weighted by Crippen LogP contribution is 2.26. The van der Waals surface area contributed by atoms with Crippen LogP contribution < -0.4 is 10.6 Å². The number of likely N-dealkylation sites (N-methyl/N-ethyl adjacent to an activating group) is 1. The molecule has 0 saturated heterocycles. The molecular weight excluding hydrogens is 350 g/mol. The summed E-state index contributed by atoms with van der Waals surface area (Å²) in [7, 11) is 1.77. The first kappa shape index (κ1) is 21.6. The summed E-state index contributed by atoms with van der Waals surface area (Å²) in [5.41, 5.74) is 4.86. The molecule has 0 fully saturated rings. The maximum Gasteiger partial charge on any atom is 0.238 e. The summed E-state index contributed by atoms with van der Waals surface area (Å²) in [6, 6.07) is 13.8. The number of carbonyl (C=O) groups excluding carboxylic acids is 2. The van der Waals surface area contributed by atoms with Crippen molar-refractivity contribution in [3.05, 3.63) is 59.2 Å². The predicted octanol–water partition coefficient (Wildman–Crippen LogP) is 4.33. The van der Waals surface area contributed by atoms with Gasteiger partial charge in [0.25, 0.3) is 0 Å². The predicted molar refractivity (Wildman–Crippen MR) is 116 cm³/mol. The number of nitrogens with one attached hydrogen (secondary N) is 2. The lowest BCUT2D eigenvalue weighted by Crippen LogP contribution is -2.36. The van der Waals surface area contributed by atoms with E-state index in [2.05, 4.69) is 24.5 Å². The van der Waals surface area contributed by atoms with Crippen molar-refractivity contribution in [3.8, 4) is 0 Å². The van der Waals surface area contributed by atoms with Gasteiger partial charge in [-0.05, 0) is 56.0 Å². The zero-order valence-electron chi connectivity index (χ0n) is 17.5. The standard InChI is InChI=1S/C23H31N3O2/c1-6-16(2)19-12-7-8-13-20(19)24-21(27)14-26(5)15-22(28)25-23-17(3)10-9-11-18(23)4/h7-13,16H,6,14-15H2,1-5H3,(H,24,27)(H,25,28)/t16-/m0/s1. The highest BCUT2D eigenvalue weighted by molar-refractivity contribution is 5.95. The molecule has 2 aromatic rings. The number of benzene rings is 2. The molecule has 5 nitrogen and oxygen atoms in total. The lowest BCUT2D eigenvalue weighted by atomic mass is 9.97. The molecule has 0 aliphatic rings. The zero-order chi connectivity index (χ0) is 20.7. The fraction of sp³-hybridized carbons (Fsp3) is 0.391. The van der Waals surface area contributed by atoms with Gasteiger partial charge in [0.1, 0.15) is 0 Å². The van der Waals surface area contributed by atoms with E-state index in [4.69, 9.17) is 0 Å². The Balaban J connectivity index is 1.92. The van der Waals surface area contributed by atoms with E-state index in [1.54, 1.807) is 11.9 Å². The number of aryl methyl sites for hydroxylation is 2. The molecule has 28 heavy (non-hydrogen) atoms. The molecule has 1 atom stereocenters. The quantitative estimate of drug-likeness (QED) is 0.716. The molecule has 2 aromatic carbocycles. The SMILES string of the molecule is CC[C@H](C)c1ccccc1NC(=O)CN(C)CC(=O)Nc1c(C)cccc1C. The summed E-state index contributed by atoms with van der Waals surface area (Å²) in [6.45, 7) is 8.51. The van der Waals surface area contributed by atoms with Crippen molar-refractivity contribution in [2.75, 3.05) is 30.8 Å². The molecule has 2 rings (SSSR count). The molecule has 2 N–H and O–H groups in total. The topological polar surface area (TPSA) is 61.4 Å². The van der Waals surface area contributed by atoms with Crippen molar-refractivity contribution in [1.82, 2.24) is 4.90 Å². The number of hydrogen-bond donors (Lipinski definition) is 2. The van der Waals surface area contributed by atoms with Crippen LogP contribution in [0.2, 0.25) is 0 Å². The van der Waals surface area contributed by atoms with Crippen molar-refractivity contribution in [1.29, 1.82) is 0 Å². The Morgan fingerprint density at radius 2 is 1.50 bits per heavy atom. The van der Waals surface area contributed by atoms with E-state index in [1.807, 2.05) is 56.3 Å². The van der Waals surface area contributed by atoms with Crippen LogP contribution in [0.15, 0.2) is 42.5 Å². The highest BCUT2D eigenvalue weighted by Gasteiger charge is 2.15. The average Bonchev–Trinajstić information content (AvgIpc) is 2.64. The van der Waals surface area contributed by atoms with Crippen LogP contribution in [-0.4, -0.2) is 36.9 Å². The van der Waals surface area contributed by atoms with Gasteiger partial charge in [-0.15, -0.1) is 0 Å². The average molecular weight is 382 g/mol. The summed E-state index contributed by atoms with van der Waals surface area (Å²) in [6.07, 6.45) is 1.01. The molecule has 0 aromatic heterocycles. The molecule has 0 aliphatic heterocycles. The fourth-order valence-electron chi connectivity index (χ4n) is 3.19. The van der Waals surface area contributed by atoms with Gasteiger partial charge in [0, 0.05) is 11.4 Å². The molecule has 0 spiro atoms. The second-order valence-corrected chi connectivity index (χ2v) is 7.43. The van der Waals surface area contributed by atoms with Gasteiger partial charge >= 0.3 is 0 Å². The minimum atomic E-state index is -0.132. The molecule has 0 aliphatic carbocycles. The summed E-state index contributed by atoms with van der Waals surface area (Å²) in [5, 5.41) is 5.94. The van der Waals surface area contributed by atoms with Crippen molar-refractivity contribution in [3.63, 3.8) is 0 Å². The van der Waals surface area contributed by atoms with E-state index < -0.39 is 0 Å². The number of rotatable bonds is 8. The van der Waals surface area contributed by atoms with Crippen molar-refractivity contribution in [2.45, 2.75) is 40.0 Å². The zero-order valence-corrected chi connectivity index (χ0v) is 17.5. The van der Waals surface area contributed by atoms with Crippen LogP contribution in [0.1, 0.15) is 42.9 Å². The minimum Gasteiger partial charge on any atom is -0.325 e. The molecule has 2 amide bonds. The van der Waals surface area contributed by atoms with Gasteiger partial charge in [-0.3, -0.25) is 14.5 Å². The van der Waals surface area contributed by atoms with E-state index >= 15 is 0 Å². The Hall–Kier alpha value is -2.66. The van der Waals surface area contributed by atoms with E-state index in [-0.39, 0.29) is 24.9 Å². The number of anilines is 2. The smallest absolute Gasteiger partial charge is 0.238 e. The van der Waals surface area contributed by atoms with Crippen molar-refractivity contribution < 1.29 is 9.59 Å². The van der Waals surface area contributed by atoms with Crippen LogP contribution in [-0.2, 0) is 9.59 Å². The summed E-state index contributed by atoms with van der Waals surface area (Å²) >= 11 is 0. The normalized spacial score (nSPS) is 11.9. The lowest BCUT2D eigenvalue weighted by molar-refractivity contribution is -0.119. The van der Waals surface area contributed by atoms with E-state index in [1.165, 1.54) is 0 Å².